The molecule has 0 aromatic heterocycles. The van der Waals surface area contributed by atoms with Crippen molar-refractivity contribution < 1.29 is 17.9 Å². The third-order valence-corrected chi connectivity index (χ3v) is 5.59. The third kappa shape index (κ3) is 3.53. The van der Waals surface area contributed by atoms with Gasteiger partial charge in [-0.15, -0.1) is 0 Å². The van der Waals surface area contributed by atoms with Crippen LogP contribution in [0, 0.1) is 0 Å². The number of hydrogen-bond donors (Lipinski definition) is 1. The molecule has 6 nitrogen and oxygen atoms in total. The summed E-state index contributed by atoms with van der Waals surface area (Å²) >= 11 is 0. The maximum atomic E-state index is 12.5. The molecule has 0 amide bonds. The van der Waals surface area contributed by atoms with E-state index in [1.54, 1.807) is 18.2 Å². The van der Waals surface area contributed by atoms with Gasteiger partial charge in [0.05, 0.1) is 18.1 Å². The predicted octanol–water partition coefficient (Wildman–Crippen LogP) is 1.22. The van der Waals surface area contributed by atoms with Crippen LogP contribution in [0.15, 0.2) is 23.1 Å². The molecule has 1 aromatic rings. The highest BCUT2D eigenvalue weighted by Crippen LogP contribution is 2.32. The Balaban J connectivity index is 1.76. The van der Waals surface area contributed by atoms with Crippen LogP contribution in [0.2, 0.25) is 0 Å². The van der Waals surface area contributed by atoms with E-state index in [0.717, 1.165) is 32.4 Å². The fraction of sp³-hybridized carbons (Fsp3) is 0.600. The number of hydrogen-bond acceptors (Lipinski definition) is 5. The Morgan fingerprint density at radius 2 is 1.82 bits per heavy atom. The zero-order valence-electron chi connectivity index (χ0n) is 12.7. The highest BCUT2D eigenvalue weighted by atomic mass is 32.2. The van der Waals surface area contributed by atoms with Crippen LogP contribution in [0.25, 0.3) is 0 Å². The van der Waals surface area contributed by atoms with Crippen molar-refractivity contribution in [3.63, 3.8) is 0 Å². The lowest BCUT2D eigenvalue weighted by atomic mass is 10.1. The summed E-state index contributed by atoms with van der Waals surface area (Å²) in [5.41, 5.74) is 0. The minimum atomic E-state index is -3.53. The maximum absolute atomic E-state index is 12.5. The molecule has 0 bridgehead atoms. The highest BCUT2D eigenvalue weighted by molar-refractivity contribution is 7.89. The minimum absolute atomic E-state index is 0.00261. The molecule has 0 atom stereocenters. The summed E-state index contributed by atoms with van der Waals surface area (Å²) < 4.78 is 39.0. The van der Waals surface area contributed by atoms with Gasteiger partial charge in [-0.05, 0) is 45.1 Å². The van der Waals surface area contributed by atoms with E-state index in [2.05, 4.69) is 16.7 Å². The fourth-order valence-corrected chi connectivity index (χ4v) is 4.04. The van der Waals surface area contributed by atoms with E-state index in [4.69, 9.17) is 9.47 Å². The first-order chi connectivity index (χ1) is 10.5. The van der Waals surface area contributed by atoms with Crippen LogP contribution < -0.4 is 14.2 Å². The monoisotopic (exact) mass is 326 g/mol. The van der Waals surface area contributed by atoms with Crippen molar-refractivity contribution in [2.75, 3.05) is 33.4 Å². The van der Waals surface area contributed by atoms with Crippen LogP contribution in [-0.2, 0) is 10.0 Å². The van der Waals surface area contributed by atoms with Gasteiger partial charge in [0.2, 0.25) is 10.0 Å². The van der Waals surface area contributed by atoms with Crippen LogP contribution in [0.1, 0.15) is 19.3 Å². The molecule has 1 fully saturated rings. The van der Waals surface area contributed by atoms with Gasteiger partial charge < -0.3 is 14.4 Å². The first-order valence-electron chi connectivity index (χ1n) is 7.65. The van der Waals surface area contributed by atoms with Crippen molar-refractivity contribution in [2.24, 2.45) is 0 Å². The van der Waals surface area contributed by atoms with Crippen molar-refractivity contribution in [3.05, 3.63) is 18.2 Å². The molecule has 3 rings (SSSR count). The number of ether oxygens (including phenoxy) is 2. The average Bonchev–Trinajstić information content (AvgIpc) is 2.74. The Bertz CT molecular complexity index is 624. The van der Waals surface area contributed by atoms with E-state index in [1.807, 2.05) is 0 Å². The van der Waals surface area contributed by atoms with E-state index in [9.17, 15) is 8.42 Å². The van der Waals surface area contributed by atoms with E-state index in [-0.39, 0.29) is 10.9 Å². The molecule has 0 saturated carbocycles. The second-order valence-corrected chi connectivity index (χ2v) is 7.57. The largest absolute Gasteiger partial charge is 0.490 e. The molecule has 1 aromatic carbocycles. The number of fused-ring (bicyclic) bond motifs is 1. The molecule has 0 radical (unpaired) electrons. The van der Waals surface area contributed by atoms with E-state index in [1.165, 1.54) is 0 Å². The zero-order valence-corrected chi connectivity index (χ0v) is 13.6. The molecule has 2 heterocycles. The molecule has 0 aliphatic carbocycles. The number of piperidine rings is 1. The van der Waals surface area contributed by atoms with Crippen LogP contribution in [0.4, 0.5) is 0 Å². The van der Waals surface area contributed by atoms with Gasteiger partial charge in [0, 0.05) is 18.5 Å². The normalized spacial score (nSPS) is 20.6. The Morgan fingerprint density at radius 1 is 1.14 bits per heavy atom. The molecule has 2 aliphatic rings. The fourth-order valence-electron chi connectivity index (χ4n) is 2.72. The minimum Gasteiger partial charge on any atom is -0.490 e. The summed E-state index contributed by atoms with van der Waals surface area (Å²) in [6, 6.07) is 4.80. The van der Waals surface area contributed by atoms with Crippen LogP contribution in [0.5, 0.6) is 11.5 Å². The van der Waals surface area contributed by atoms with Crippen LogP contribution in [0.3, 0.4) is 0 Å². The molecule has 122 valence electrons. The van der Waals surface area contributed by atoms with Crippen LogP contribution in [-0.4, -0.2) is 52.7 Å². The molecule has 1 N–H and O–H groups in total. The summed E-state index contributed by atoms with van der Waals surface area (Å²) in [6.45, 7) is 2.95. The molecular weight excluding hydrogens is 304 g/mol. The summed E-state index contributed by atoms with van der Waals surface area (Å²) in [6.07, 6.45) is 2.46. The topological polar surface area (TPSA) is 67.9 Å². The third-order valence-electron chi connectivity index (χ3n) is 4.07. The summed E-state index contributed by atoms with van der Waals surface area (Å²) in [5, 5.41) is 0. The molecule has 1 saturated heterocycles. The lowest BCUT2D eigenvalue weighted by molar-refractivity contribution is 0.248. The van der Waals surface area contributed by atoms with Gasteiger partial charge >= 0.3 is 0 Å². The number of sulfonamides is 1. The molecule has 22 heavy (non-hydrogen) atoms. The number of nitrogens with one attached hydrogen (secondary N) is 1. The predicted molar refractivity (Wildman–Crippen MR) is 82.9 cm³/mol. The maximum Gasteiger partial charge on any atom is 0.240 e. The van der Waals surface area contributed by atoms with Gasteiger partial charge in [0.25, 0.3) is 0 Å². The van der Waals surface area contributed by atoms with E-state index < -0.39 is 10.0 Å². The van der Waals surface area contributed by atoms with Crippen molar-refractivity contribution >= 4 is 10.0 Å². The van der Waals surface area contributed by atoms with Crippen molar-refractivity contribution in [1.29, 1.82) is 0 Å². The van der Waals surface area contributed by atoms with Gasteiger partial charge in [-0.2, -0.15) is 0 Å². The number of benzene rings is 1. The molecule has 2 aliphatic heterocycles. The second kappa shape index (κ2) is 6.44. The van der Waals surface area contributed by atoms with Crippen molar-refractivity contribution in [3.8, 4) is 11.5 Å². The van der Waals surface area contributed by atoms with E-state index in [0.29, 0.717) is 24.7 Å². The van der Waals surface area contributed by atoms with Gasteiger partial charge in [-0.25, -0.2) is 13.1 Å². The van der Waals surface area contributed by atoms with Crippen molar-refractivity contribution in [1.82, 2.24) is 9.62 Å². The molecule has 0 unspecified atom stereocenters. The Kier molecular flexibility index (Phi) is 4.56. The van der Waals surface area contributed by atoms with Gasteiger partial charge in [-0.3, -0.25) is 0 Å². The van der Waals surface area contributed by atoms with Crippen molar-refractivity contribution in [2.45, 2.75) is 30.2 Å². The quantitative estimate of drug-likeness (QED) is 0.904. The smallest absolute Gasteiger partial charge is 0.240 e. The van der Waals surface area contributed by atoms with Gasteiger partial charge in [0.15, 0.2) is 11.5 Å². The average molecular weight is 326 g/mol. The summed E-state index contributed by atoms with van der Waals surface area (Å²) in [4.78, 5) is 2.44. The highest BCUT2D eigenvalue weighted by Gasteiger charge is 2.24. The number of rotatable bonds is 3. The van der Waals surface area contributed by atoms with E-state index >= 15 is 0 Å². The Labute approximate surface area is 131 Å². The van der Waals surface area contributed by atoms with Crippen LogP contribution >= 0.6 is 0 Å². The van der Waals surface area contributed by atoms with Gasteiger partial charge in [-0.1, -0.05) is 0 Å². The lowest BCUT2D eigenvalue weighted by Gasteiger charge is -2.29. The zero-order chi connectivity index (χ0) is 15.6. The SMILES string of the molecule is CN1CCC(NS(=O)(=O)c2ccc3c(c2)OCCCO3)CC1. The lowest BCUT2D eigenvalue weighted by Crippen LogP contribution is -2.43. The Hall–Kier alpha value is -1.31. The molecular formula is C15H22N2O4S. The standard InChI is InChI=1S/C15H22N2O4S/c1-17-7-5-12(6-8-17)16-22(18,19)13-3-4-14-15(11-13)21-10-2-9-20-14/h3-4,11-12,16H,2,5-10H2,1H3. The second-order valence-electron chi connectivity index (χ2n) is 5.86. The molecule has 0 spiro atoms. The first kappa shape index (κ1) is 15.6. The summed E-state index contributed by atoms with van der Waals surface area (Å²) in [5.74, 6) is 1.11. The molecule has 7 heteroatoms. The van der Waals surface area contributed by atoms with Gasteiger partial charge in [0.1, 0.15) is 0 Å². The first-order valence-corrected chi connectivity index (χ1v) is 9.13. The number of nitrogens with zero attached hydrogens (tertiary/aromatic N) is 1. The summed E-state index contributed by atoms with van der Waals surface area (Å²) in [7, 11) is -1.48. The Morgan fingerprint density at radius 3 is 2.55 bits per heavy atom. The number of likely N-dealkylation sites (tertiary alicyclic amines) is 1.